The van der Waals surface area contributed by atoms with Crippen molar-refractivity contribution in [2.24, 2.45) is 0 Å². The van der Waals surface area contributed by atoms with Crippen LogP contribution in [-0.4, -0.2) is 70.6 Å². The predicted molar refractivity (Wildman–Crippen MR) is 113 cm³/mol. The van der Waals surface area contributed by atoms with E-state index in [9.17, 15) is 26.4 Å². The van der Waals surface area contributed by atoms with Crippen LogP contribution >= 0.6 is 0 Å². The highest BCUT2D eigenvalue weighted by Gasteiger charge is 2.31. The third kappa shape index (κ3) is 5.99. The normalized spacial score (nSPS) is 15.6. The van der Waals surface area contributed by atoms with Crippen LogP contribution in [0.15, 0.2) is 53.4 Å². The first-order valence-corrected chi connectivity index (χ1v) is 11.4. The molecular weight excluding hydrogens is 447 g/mol. The molecule has 2 aromatic rings. The summed E-state index contributed by atoms with van der Waals surface area (Å²) in [5, 5.41) is 0. The van der Waals surface area contributed by atoms with Crippen molar-refractivity contribution < 1.29 is 31.1 Å². The first kappa shape index (κ1) is 24.0. The van der Waals surface area contributed by atoms with Gasteiger partial charge in [0, 0.05) is 51.1 Å². The average molecular weight is 472 g/mol. The molecule has 0 aromatic heterocycles. The molecule has 0 unspecified atom stereocenters. The quantitative estimate of drug-likeness (QED) is 0.672. The molecule has 2 aromatic carbocycles. The number of rotatable bonds is 7. The summed E-state index contributed by atoms with van der Waals surface area (Å²) < 4.78 is 70.9. The van der Waals surface area contributed by atoms with Crippen LogP contribution in [0.4, 0.5) is 18.9 Å². The topological polar surface area (TPSA) is 79.0 Å². The number of carbonyl (C=O) groups excluding carboxylic acids is 1. The zero-order valence-electron chi connectivity index (χ0n) is 17.4. The summed E-state index contributed by atoms with van der Waals surface area (Å²) in [6.45, 7) is 3.98. The fourth-order valence-corrected chi connectivity index (χ4v) is 4.38. The van der Waals surface area contributed by atoms with Crippen molar-refractivity contribution in [3.05, 3.63) is 59.7 Å². The van der Waals surface area contributed by atoms with Gasteiger partial charge in [0.15, 0.2) is 0 Å². The van der Waals surface area contributed by atoms with E-state index < -0.39 is 21.8 Å². The van der Waals surface area contributed by atoms with E-state index in [2.05, 4.69) is 9.62 Å². The highest BCUT2D eigenvalue weighted by molar-refractivity contribution is 7.92. The molecule has 1 heterocycles. The Hall–Kier alpha value is -2.63. The summed E-state index contributed by atoms with van der Waals surface area (Å²) in [5.41, 5.74) is -0.819. The average Bonchev–Trinajstić information content (AvgIpc) is 2.77. The fraction of sp³-hybridized carbons (Fsp3) is 0.381. The highest BCUT2D eigenvalue weighted by Crippen LogP contribution is 2.31. The van der Waals surface area contributed by atoms with E-state index in [-0.39, 0.29) is 16.5 Å². The Bertz CT molecular complexity index is 1040. The van der Waals surface area contributed by atoms with Crippen molar-refractivity contribution in [2.75, 3.05) is 51.2 Å². The lowest BCUT2D eigenvalue weighted by atomic mass is 10.2. The first-order chi connectivity index (χ1) is 15.1. The first-order valence-electron chi connectivity index (χ1n) is 9.91. The molecule has 0 bridgehead atoms. The standard InChI is InChI=1S/C21H24F3N3O4S/c1-31-14-13-26-9-11-27(12-10-26)20(28)16-5-7-19(8-6-16)32(29,30)25-18-4-2-3-17(15-18)21(22,23)24/h2-8,15,25H,9-14H2,1H3. The van der Waals surface area contributed by atoms with E-state index in [0.29, 0.717) is 25.3 Å². The Kier molecular flexibility index (Phi) is 7.42. The number of carbonyl (C=O) groups is 1. The molecule has 0 aliphatic carbocycles. The number of hydrogen-bond donors (Lipinski definition) is 1. The minimum absolute atomic E-state index is 0.157. The number of benzene rings is 2. The van der Waals surface area contributed by atoms with Crippen molar-refractivity contribution in [1.29, 1.82) is 0 Å². The van der Waals surface area contributed by atoms with E-state index in [0.717, 1.165) is 37.8 Å². The third-order valence-corrected chi connectivity index (χ3v) is 6.52. The Labute approximate surface area is 184 Å². The van der Waals surface area contributed by atoms with Gasteiger partial charge in [-0.15, -0.1) is 0 Å². The molecule has 1 aliphatic rings. The maximum absolute atomic E-state index is 12.9. The molecule has 32 heavy (non-hydrogen) atoms. The smallest absolute Gasteiger partial charge is 0.383 e. The van der Waals surface area contributed by atoms with Gasteiger partial charge < -0.3 is 9.64 Å². The summed E-state index contributed by atoms with van der Waals surface area (Å²) >= 11 is 0. The van der Waals surface area contributed by atoms with Gasteiger partial charge in [0.1, 0.15) is 0 Å². The number of anilines is 1. The number of nitrogens with zero attached hydrogens (tertiary/aromatic N) is 2. The van der Waals surface area contributed by atoms with Gasteiger partial charge in [0.25, 0.3) is 15.9 Å². The highest BCUT2D eigenvalue weighted by atomic mass is 32.2. The van der Waals surface area contributed by atoms with Gasteiger partial charge in [-0.25, -0.2) is 8.42 Å². The summed E-state index contributed by atoms with van der Waals surface area (Å²) in [6.07, 6.45) is -4.58. The van der Waals surface area contributed by atoms with Gasteiger partial charge in [-0.2, -0.15) is 13.2 Å². The SMILES string of the molecule is COCCN1CCN(C(=O)c2ccc(S(=O)(=O)Nc3cccc(C(F)(F)F)c3)cc2)CC1. The molecule has 1 amide bonds. The van der Waals surface area contributed by atoms with Crippen molar-refractivity contribution >= 4 is 21.6 Å². The van der Waals surface area contributed by atoms with Gasteiger partial charge in [0.2, 0.25) is 0 Å². The molecule has 1 saturated heterocycles. The third-order valence-electron chi connectivity index (χ3n) is 5.12. The Morgan fingerprint density at radius 2 is 1.72 bits per heavy atom. The summed E-state index contributed by atoms with van der Waals surface area (Å²) in [5.74, 6) is -0.203. The van der Waals surface area contributed by atoms with Crippen LogP contribution in [0.3, 0.4) is 0 Å². The second-order valence-electron chi connectivity index (χ2n) is 7.34. The number of methoxy groups -OCH3 is 1. The van der Waals surface area contributed by atoms with Crippen molar-refractivity contribution in [1.82, 2.24) is 9.80 Å². The molecule has 0 spiro atoms. The maximum atomic E-state index is 12.9. The molecule has 0 atom stereocenters. The number of alkyl halides is 3. The second kappa shape index (κ2) is 9.88. The Morgan fingerprint density at radius 3 is 2.31 bits per heavy atom. The van der Waals surface area contributed by atoms with Gasteiger partial charge >= 0.3 is 6.18 Å². The lowest BCUT2D eigenvalue weighted by Gasteiger charge is -2.34. The number of halogens is 3. The second-order valence-corrected chi connectivity index (χ2v) is 9.02. The summed E-state index contributed by atoms with van der Waals surface area (Å²) in [4.78, 5) is 16.5. The van der Waals surface area contributed by atoms with Crippen LogP contribution < -0.4 is 4.72 Å². The van der Waals surface area contributed by atoms with Gasteiger partial charge in [0.05, 0.1) is 17.1 Å². The van der Waals surface area contributed by atoms with Crippen LogP contribution in [0.2, 0.25) is 0 Å². The molecule has 1 fully saturated rings. The van der Waals surface area contributed by atoms with Gasteiger partial charge in [-0.3, -0.25) is 14.4 Å². The minimum Gasteiger partial charge on any atom is -0.383 e. The van der Waals surface area contributed by atoms with Crippen LogP contribution in [0.5, 0.6) is 0 Å². The predicted octanol–water partition coefficient (Wildman–Crippen LogP) is 2.91. The number of ether oxygens (including phenoxy) is 1. The fourth-order valence-electron chi connectivity index (χ4n) is 3.33. The molecule has 0 saturated carbocycles. The molecule has 1 aliphatic heterocycles. The molecule has 174 valence electrons. The van der Waals surface area contributed by atoms with E-state index in [1.165, 1.54) is 30.3 Å². The van der Waals surface area contributed by atoms with E-state index in [1.54, 1.807) is 12.0 Å². The largest absolute Gasteiger partial charge is 0.416 e. The van der Waals surface area contributed by atoms with Crippen molar-refractivity contribution in [3.8, 4) is 0 Å². The number of nitrogens with one attached hydrogen (secondary N) is 1. The number of sulfonamides is 1. The number of piperazine rings is 1. The summed E-state index contributed by atoms with van der Waals surface area (Å²) in [6, 6.07) is 9.27. The summed E-state index contributed by atoms with van der Waals surface area (Å²) in [7, 11) is -2.48. The lowest BCUT2D eigenvalue weighted by Crippen LogP contribution is -2.49. The molecular formula is C21H24F3N3O4S. The number of amides is 1. The van der Waals surface area contributed by atoms with Crippen molar-refractivity contribution in [3.63, 3.8) is 0 Å². The molecule has 0 radical (unpaired) electrons. The van der Waals surface area contributed by atoms with Gasteiger partial charge in [-0.05, 0) is 42.5 Å². The minimum atomic E-state index is -4.58. The lowest BCUT2D eigenvalue weighted by molar-refractivity contribution is -0.137. The van der Waals surface area contributed by atoms with Crippen LogP contribution in [0.1, 0.15) is 15.9 Å². The zero-order valence-corrected chi connectivity index (χ0v) is 18.2. The van der Waals surface area contributed by atoms with Crippen LogP contribution in [-0.2, 0) is 20.9 Å². The van der Waals surface area contributed by atoms with Crippen LogP contribution in [0.25, 0.3) is 0 Å². The van der Waals surface area contributed by atoms with Crippen LogP contribution in [0, 0.1) is 0 Å². The molecule has 11 heteroatoms. The van der Waals surface area contributed by atoms with Crippen molar-refractivity contribution in [2.45, 2.75) is 11.1 Å². The molecule has 1 N–H and O–H groups in total. The Balaban J connectivity index is 1.65. The zero-order chi connectivity index (χ0) is 23.4. The monoisotopic (exact) mass is 471 g/mol. The van der Waals surface area contributed by atoms with E-state index in [1.807, 2.05) is 0 Å². The molecule has 7 nitrogen and oxygen atoms in total. The Morgan fingerprint density at radius 1 is 1.06 bits per heavy atom. The maximum Gasteiger partial charge on any atom is 0.416 e. The van der Waals surface area contributed by atoms with E-state index in [4.69, 9.17) is 4.74 Å². The number of hydrogen-bond acceptors (Lipinski definition) is 5. The van der Waals surface area contributed by atoms with E-state index >= 15 is 0 Å². The molecule has 3 rings (SSSR count). The van der Waals surface area contributed by atoms with Gasteiger partial charge in [-0.1, -0.05) is 6.07 Å².